The number of carbonyl (C=O) groups excluding carboxylic acids is 3. The van der Waals surface area contributed by atoms with Crippen LogP contribution in [0, 0.1) is 13.8 Å². The maximum atomic E-state index is 13.4. The number of aromatic nitrogens is 1. The summed E-state index contributed by atoms with van der Waals surface area (Å²) in [6.07, 6.45) is 1.59. The van der Waals surface area contributed by atoms with Gasteiger partial charge in [0.1, 0.15) is 12.2 Å². The van der Waals surface area contributed by atoms with Gasteiger partial charge in [0.25, 0.3) is 5.91 Å². The fourth-order valence-corrected chi connectivity index (χ4v) is 3.67. The first-order valence-electron chi connectivity index (χ1n) is 12.0. The van der Waals surface area contributed by atoms with E-state index in [9.17, 15) is 14.4 Å². The molecule has 0 atom stereocenters. The van der Waals surface area contributed by atoms with Crippen LogP contribution >= 0.6 is 0 Å². The second-order valence-electron chi connectivity index (χ2n) is 8.56. The van der Waals surface area contributed by atoms with Crippen molar-refractivity contribution in [2.24, 2.45) is 4.99 Å². The van der Waals surface area contributed by atoms with Crippen molar-refractivity contribution in [3.05, 3.63) is 94.3 Å². The van der Waals surface area contributed by atoms with Crippen LogP contribution in [0.2, 0.25) is 0 Å². The zero-order valence-corrected chi connectivity index (χ0v) is 21.5. The van der Waals surface area contributed by atoms with Crippen LogP contribution in [0.15, 0.2) is 70.2 Å². The molecule has 0 saturated carbocycles. The van der Waals surface area contributed by atoms with Gasteiger partial charge in [-0.1, -0.05) is 17.7 Å². The Morgan fingerprint density at radius 3 is 2.37 bits per heavy atom. The number of hydrogen-bond acceptors (Lipinski definition) is 8. The summed E-state index contributed by atoms with van der Waals surface area (Å²) >= 11 is 0. The van der Waals surface area contributed by atoms with Crippen LogP contribution in [0.5, 0.6) is 0 Å². The summed E-state index contributed by atoms with van der Waals surface area (Å²) < 4.78 is 16.4. The van der Waals surface area contributed by atoms with Crippen molar-refractivity contribution in [1.29, 1.82) is 0 Å². The lowest BCUT2D eigenvalue weighted by Crippen LogP contribution is -2.22. The molecule has 1 amide bonds. The fourth-order valence-electron chi connectivity index (χ4n) is 3.67. The van der Waals surface area contributed by atoms with Gasteiger partial charge in [-0.3, -0.25) is 14.6 Å². The summed E-state index contributed by atoms with van der Waals surface area (Å²) in [6, 6.07) is 15.5. The van der Waals surface area contributed by atoms with Gasteiger partial charge >= 0.3 is 11.9 Å². The molecule has 38 heavy (non-hydrogen) atoms. The molecule has 0 spiro atoms. The predicted octanol–water partition coefficient (Wildman–Crippen LogP) is 5.17. The van der Waals surface area contributed by atoms with E-state index >= 15 is 0 Å². The maximum Gasteiger partial charge on any atom is 0.338 e. The summed E-state index contributed by atoms with van der Waals surface area (Å²) in [5.74, 6) is -1.31. The van der Waals surface area contributed by atoms with E-state index in [0.717, 1.165) is 5.56 Å². The highest BCUT2D eigenvalue weighted by molar-refractivity contribution is 6.05. The molecular weight excluding hydrogens is 486 g/mol. The van der Waals surface area contributed by atoms with E-state index in [-0.39, 0.29) is 24.3 Å². The zero-order chi connectivity index (χ0) is 27.2. The fraction of sp³-hybridized carbons (Fsp3) is 0.207. The molecule has 1 N–H and O–H groups in total. The van der Waals surface area contributed by atoms with Gasteiger partial charge in [0, 0.05) is 29.8 Å². The summed E-state index contributed by atoms with van der Waals surface area (Å²) in [4.78, 5) is 45.8. The number of nitrogens with zero attached hydrogens (tertiary/aromatic N) is 2. The van der Waals surface area contributed by atoms with E-state index in [1.54, 1.807) is 62.5 Å². The molecule has 2 aromatic heterocycles. The Morgan fingerprint density at radius 1 is 1.00 bits per heavy atom. The van der Waals surface area contributed by atoms with E-state index in [4.69, 9.17) is 13.9 Å². The van der Waals surface area contributed by atoms with Gasteiger partial charge in [0.15, 0.2) is 5.58 Å². The van der Waals surface area contributed by atoms with Gasteiger partial charge in [-0.25, -0.2) is 9.79 Å². The smallest absolute Gasteiger partial charge is 0.338 e. The van der Waals surface area contributed by atoms with Crippen molar-refractivity contribution >= 4 is 40.2 Å². The molecule has 0 bridgehead atoms. The van der Waals surface area contributed by atoms with Crippen LogP contribution in [0.25, 0.3) is 11.0 Å². The molecule has 2 heterocycles. The largest absolute Gasteiger partial charge is 0.462 e. The second-order valence-corrected chi connectivity index (χ2v) is 8.56. The van der Waals surface area contributed by atoms with Crippen molar-refractivity contribution in [2.45, 2.75) is 34.3 Å². The number of anilines is 1. The first-order chi connectivity index (χ1) is 18.2. The molecule has 194 valence electrons. The minimum absolute atomic E-state index is 0.0283. The number of esters is 2. The minimum atomic E-state index is -0.439. The summed E-state index contributed by atoms with van der Waals surface area (Å²) in [6.45, 7) is 7.02. The molecule has 0 aliphatic rings. The molecule has 0 fully saturated rings. The molecule has 9 heteroatoms. The molecule has 4 aromatic rings. The van der Waals surface area contributed by atoms with Crippen LogP contribution in [0.4, 0.5) is 11.4 Å². The molecule has 0 radical (unpaired) electrons. The standard InChI is InChI=1S/C29H27N3O6/c1-5-36-29(35)20-8-12-23(13-9-20)32-28-25(27(34)31-22-10-6-17(2)7-11-22)14-24-21(16-37-19(4)33)15-30-18(3)26(24)38-28/h6-15H,5,16H2,1-4H3,(H,31,34). The number of pyridine rings is 1. The van der Waals surface area contributed by atoms with Crippen LogP contribution in [0.1, 0.15) is 51.4 Å². The average molecular weight is 514 g/mol. The molecule has 2 aromatic carbocycles. The van der Waals surface area contributed by atoms with E-state index in [1.165, 1.54) is 6.92 Å². The lowest BCUT2D eigenvalue weighted by atomic mass is 10.1. The van der Waals surface area contributed by atoms with Crippen LogP contribution in [0.3, 0.4) is 0 Å². The van der Waals surface area contributed by atoms with E-state index in [0.29, 0.717) is 39.2 Å². The highest BCUT2D eigenvalue weighted by Gasteiger charge is 2.17. The Labute approximate surface area is 219 Å². The highest BCUT2D eigenvalue weighted by Crippen LogP contribution is 2.23. The van der Waals surface area contributed by atoms with Crippen LogP contribution < -0.4 is 10.9 Å². The molecule has 0 saturated heterocycles. The van der Waals surface area contributed by atoms with Crippen LogP contribution in [-0.4, -0.2) is 29.4 Å². The highest BCUT2D eigenvalue weighted by atomic mass is 16.5. The number of rotatable bonds is 7. The number of amides is 1. The normalized spacial score (nSPS) is 11.3. The van der Waals surface area contributed by atoms with Gasteiger partial charge in [0.05, 0.1) is 23.6 Å². The molecule has 0 aliphatic heterocycles. The van der Waals surface area contributed by atoms with Gasteiger partial charge in [0.2, 0.25) is 5.55 Å². The number of ether oxygens (including phenoxy) is 2. The summed E-state index contributed by atoms with van der Waals surface area (Å²) in [5, 5.41) is 3.45. The molecule has 0 aliphatic carbocycles. The average Bonchev–Trinajstić information content (AvgIpc) is 2.90. The van der Waals surface area contributed by atoms with E-state index in [2.05, 4.69) is 15.3 Å². The second kappa shape index (κ2) is 11.5. The predicted molar refractivity (Wildman–Crippen MR) is 141 cm³/mol. The Morgan fingerprint density at radius 2 is 1.71 bits per heavy atom. The molecular formula is C29H27N3O6. The van der Waals surface area contributed by atoms with E-state index in [1.807, 2.05) is 19.1 Å². The summed E-state index contributed by atoms with van der Waals surface area (Å²) in [5.41, 5.74) is 4.30. The topological polar surface area (TPSA) is 120 Å². The van der Waals surface area contributed by atoms with Crippen molar-refractivity contribution in [2.75, 3.05) is 11.9 Å². The van der Waals surface area contributed by atoms with E-state index < -0.39 is 17.8 Å². The van der Waals surface area contributed by atoms with Gasteiger partial charge in [-0.15, -0.1) is 0 Å². The number of carbonyl (C=O) groups is 3. The third kappa shape index (κ3) is 6.12. The third-order valence-electron chi connectivity index (χ3n) is 5.65. The number of nitrogens with one attached hydrogen (secondary N) is 1. The first-order valence-corrected chi connectivity index (χ1v) is 12.0. The Bertz CT molecular complexity index is 1570. The number of aryl methyl sites for hydroxylation is 2. The van der Waals surface area contributed by atoms with Gasteiger partial charge < -0.3 is 19.2 Å². The van der Waals surface area contributed by atoms with Crippen molar-refractivity contribution in [3.63, 3.8) is 0 Å². The SMILES string of the molecule is CCOC(=O)c1ccc(N=c2oc3c(C)ncc(COC(C)=O)c3cc2C(=O)Nc2ccc(C)cc2)cc1. The lowest BCUT2D eigenvalue weighted by molar-refractivity contribution is -0.142. The quantitative estimate of drug-likeness (QED) is 0.339. The van der Waals surface area contributed by atoms with Crippen molar-refractivity contribution in [3.8, 4) is 0 Å². The zero-order valence-electron chi connectivity index (χ0n) is 21.5. The molecule has 4 rings (SSSR count). The molecule has 0 unspecified atom stereocenters. The van der Waals surface area contributed by atoms with Gasteiger partial charge in [-0.2, -0.15) is 0 Å². The number of hydrogen-bond donors (Lipinski definition) is 1. The Balaban J connectivity index is 1.84. The maximum absolute atomic E-state index is 13.4. The number of benzene rings is 2. The molecule has 9 nitrogen and oxygen atoms in total. The number of fused-ring (bicyclic) bond motifs is 1. The first kappa shape index (κ1) is 26.3. The third-order valence-corrected chi connectivity index (χ3v) is 5.65. The Hall–Kier alpha value is -4.79. The van der Waals surface area contributed by atoms with Gasteiger partial charge in [-0.05, 0) is 63.2 Å². The monoisotopic (exact) mass is 513 g/mol. The van der Waals surface area contributed by atoms with Crippen LogP contribution in [-0.2, 0) is 20.9 Å². The summed E-state index contributed by atoms with van der Waals surface area (Å²) in [7, 11) is 0. The van der Waals surface area contributed by atoms with Crippen molar-refractivity contribution in [1.82, 2.24) is 4.98 Å². The lowest BCUT2D eigenvalue weighted by Gasteiger charge is -2.11. The van der Waals surface area contributed by atoms with Crippen molar-refractivity contribution < 1.29 is 28.3 Å². The Kier molecular flexibility index (Phi) is 7.96. The minimum Gasteiger partial charge on any atom is -0.462 e.